The standard InChI is InChI=1S/C11H14N6O2/c1-9-7-11(13-8-10(9)17(18)19)12-3-2-5-16-6-4-14-15-16/h4,6-8H,2-3,5H2,1H3,(H,12,13). The molecule has 19 heavy (non-hydrogen) atoms. The summed E-state index contributed by atoms with van der Waals surface area (Å²) < 4.78 is 1.75. The first-order valence-electron chi connectivity index (χ1n) is 5.86. The molecule has 0 bridgehead atoms. The number of hydrogen-bond acceptors (Lipinski definition) is 6. The van der Waals surface area contributed by atoms with E-state index in [4.69, 9.17) is 0 Å². The third-order valence-electron chi connectivity index (χ3n) is 2.62. The lowest BCUT2D eigenvalue weighted by atomic mass is 10.2. The first-order chi connectivity index (χ1) is 9.16. The Kier molecular flexibility index (Phi) is 4.01. The fraction of sp³-hybridized carbons (Fsp3) is 0.364. The van der Waals surface area contributed by atoms with Crippen LogP contribution in [0.1, 0.15) is 12.0 Å². The molecule has 2 heterocycles. The maximum absolute atomic E-state index is 10.7. The van der Waals surface area contributed by atoms with Crippen LogP contribution in [-0.2, 0) is 6.54 Å². The molecule has 0 aromatic carbocycles. The van der Waals surface area contributed by atoms with Gasteiger partial charge in [0.15, 0.2) is 0 Å². The third-order valence-corrected chi connectivity index (χ3v) is 2.62. The second kappa shape index (κ2) is 5.89. The van der Waals surface area contributed by atoms with Crippen LogP contribution in [0.25, 0.3) is 0 Å². The van der Waals surface area contributed by atoms with Gasteiger partial charge in [0.05, 0.1) is 11.1 Å². The Morgan fingerprint density at radius 2 is 2.37 bits per heavy atom. The van der Waals surface area contributed by atoms with Crippen LogP contribution in [0, 0.1) is 17.0 Å². The van der Waals surface area contributed by atoms with Crippen LogP contribution in [0.3, 0.4) is 0 Å². The van der Waals surface area contributed by atoms with Gasteiger partial charge in [0.25, 0.3) is 5.69 Å². The number of nitrogens with one attached hydrogen (secondary N) is 1. The van der Waals surface area contributed by atoms with Crippen LogP contribution >= 0.6 is 0 Å². The molecule has 8 nitrogen and oxygen atoms in total. The number of anilines is 1. The van der Waals surface area contributed by atoms with Gasteiger partial charge in [-0.25, -0.2) is 4.98 Å². The summed E-state index contributed by atoms with van der Waals surface area (Å²) >= 11 is 0. The third kappa shape index (κ3) is 3.47. The molecule has 0 fully saturated rings. The molecule has 0 amide bonds. The van der Waals surface area contributed by atoms with E-state index in [1.165, 1.54) is 6.20 Å². The summed E-state index contributed by atoms with van der Waals surface area (Å²) in [6.45, 7) is 3.17. The van der Waals surface area contributed by atoms with Gasteiger partial charge in [-0.15, -0.1) is 5.10 Å². The molecule has 1 N–H and O–H groups in total. The van der Waals surface area contributed by atoms with Crippen molar-refractivity contribution in [1.29, 1.82) is 0 Å². The van der Waals surface area contributed by atoms with Gasteiger partial charge in [-0.05, 0) is 19.4 Å². The molecule has 0 saturated carbocycles. The van der Waals surface area contributed by atoms with E-state index in [1.807, 2.05) is 0 Å². The van der Waals surface area contributed by atoms with Crippen LogP contribution in [0.4, 0.5) is 11.5 Å². The maximum Gasteiger partial charge on any atom is 0.290 e. The van der Waals surface area contributed by atoms with Crippen LogP contribution < -0.4 is 5.32 Å². The number of nitrogens with zero attached hydrogens (tertiary/aromatic N) is 5. The van der Waals surface area contributed by atoms with Crippen molar-refractivity contribution < 1.29 is 4.92 Å². The summed E-state index contributed by atoms with van der Waals surface area (Å²) in [6.07, 6.45) is 5.57. The van der Waals surface area contributed by atoms with E-state index >= 15 is 0 Å². The zero-order chi connectivity index (χ0) is 13.7. The molecule has 0 aliphatic rings. The molecule has 0 unspecified atom stereocenters. The second-order valence-corrected chi connectivity index (χ2v) is 4.06. The predicted molar refractivity (Wildman–Crippen MR) is 68.8 cm³/mol. The van der Waals surface area contributed by atoms with Gasteiger partial charge < -0.3 is 5.32 Å². The molecular weight excluding hydrogens is 248 g/mol. The molecule has 2 rings (SSSR count). The topological polar surface area (TPSA) is 98.8 Å². The van der Waals surface area contributed by atoms with Crippen LogP contribution in [0.2, 0.25) is 0 Å². The van der Waals surface area contributed by atoms with Crippen molar-refractivity contribution in [2.75, 3.05) is 11.9 Å². The molecule has 0 aliphatic heterocycles. The fourth-order valence-electron chi connectivity index (χ4n) is 1.65. The Hall–Kier alpha value is -2.51. The smallest absolute Gasteiger partial charge is 0.290 e. The molecule has 8 heteroatoms. The Morgan fingerprint density at radius 1 is 1.53 bits per heavy atom. The number of pyridine rings is 1. The Balaban J connectivity index is 1.83. The summed E-state index contributed by atoms with van der Waals surface area (Å²) in [7, 11) is 0. The van der Waals surface area contributed by atoms with Gasteiger partial charge in [0, 0.05) is 24.8 Å². The van der Waals surface area contributed by atoms with E-state index in [9.17, 15) is 10.1 Å². The SMILES string of the molecule is Cc1cc(NCCCn2ccnn2)ncc1[N+](=O)[O-]. The minimum atomic E-state index is -0.434. The minimum absolute atomic E-state index is 0.0353. The second-order valence-electron chi connectivity index (χ2n) is 4.06. The Morgan fingerprint density at radius 3 is 3.00 bits per heavy atom. The lowest BCUT2D eigenvalue weighted by molar-refractivity contribution is -0.385. The maximum atomic E-state index is 10.7. The number of rotatable bonds is 6. The largest absolute Gasteiger partial charge is 0.370 e. The highest BCUT2D eigenvalue weighted by atomic mass is 16.6. The van der Waals surface area contributed by atoms with E-state index in [0.717, 1.165) is 13.0 Å². The van der Waals surface area contributed by atoms with Gasteiger partial charge in [-0.3, -0.25) is 14.8 Å². The van der Waals surface area contributed by atoms with Crippen molar-refractivity contribution in [3.05, 3.63) is 40.3 Å². The Bertz CT molecular complexity index is 554. The van der Waals surface area contributed by atoms with Crippen LogP contribution in [-0.4, -0.2) is 31.4 Å². The molecule has 0 saturated heterocycles. The first-order valence-corrected chi connectivity index (χ1v) is 5.86. The first kappa shape index (κ1) is 12.9. The summed E-state index contributed by atoms with van der Waals surface area (Å²) in [5, 5.41) is 21.3. The average Bonchev–Trinajstić information content (AvgIpc) is 2.87. The average molecular weight is 262 g/mol. The number of nitro groups is 1. The monoisotopic (exact) mass is 262 g/mol. The summed E-state index contributed by atoms with van der Waals surface area (Å²) in [6, 6.07) is 1.67. The normalized spacial score (nSPS) is 10.4. The lowest BCUT2D eigenvalue weighted by Crippen LogP contribution is -2.08. The predicted octanol–water partition coefficient (Wildman–Crippen LogP) is 1.39. The van der Waals surface area contributed by atoms with Crippen molar-refractivity contribution in [2.24, 2.45) is 0 Å². The van der Waals surface area contributed by atoms with Gasteiger partial charge in [0.1, 0.15) is 12.0 Å². The zero-order valence-corrected chi connectivity index (χ0v) is 10.5. The minimum Gasteiger partial charge on any atom is -0.370 e. The van der Waals surface area contributed by atoms with E-state index in [1.54, 1.807) is 30.1 Å². The van der Waals surface area contributed by atoms with Gasteiger partial charge >= 0.3 is 0 Å². The molecular formula is C11H14N6O2. The van der Waals surface area contributed by atoms with Crippen LogP contribution in [0.5, 0.6) is 0 Å². The molecule has 0 radical (unpaired) electrons. The van der Waals surface area contributed by atoms with Crippen molar-refractivity contribution in [1.82, 2.24) is 20.0 Å². The number of hydrogen-bond donors (Lipinski definition) is 1. The zero-order valence-electron chi connectivity index (χ0n) is 10.5. The summed E-state index contributed by atoms with van der Waals surface area (Å²) in [5.74, 6) is 0.640. The van der Waals surface area contributed by atoms with E-state index in [-0.39, 0.29) is 5.69 Å². The highest BCUT2D eigenvalue weighted by molar-refractivity contribution is 5.46. The highest BCUT2D eigenvalue weighted by Crippen LogP contribution is 2.18. The van der Waals surface area contributed by atoms with E-state index in [0.29, 0.717) is 17.9 Å². The van der Waals surface area contributed by atoms with Gasteiger partial charge in [-0.1, -0.05) is 5.21 Å². The molecule has 100 valence electrons. The summed E-state index contributed by atoms with van der Waals surface area (Å²) in [5.41, 5.74) is 0.631. The van der Waals surface area contributed by atoms with Crippen molar-refractivity contribution >= 4 is 11.5 Å². The van der Waals surface area contributed by atoms with Gasteiger partial charge in [0.2, 0.25) is 0 Å². The van der Waals surface area contributed by atoms with Crippen molar-refractivity contribution in [2.45, 2.75) is 19.9 Å². The fourth-order valence-corrected chi connectivity index (χ4v) is 1.65. The number of aryl methyl sites for hydroxylation is 2. The lowest BCUT2D eigenvalue weighted by Gasteiger charge is -2.06. The molecule has 0 atom stereocenters. The molecule has 0 spiro atoms. The molecule has 2 aromatic rings. The van der Waals surface area contributed by atoms with Crippen LogP contribution in [0.15, 0.2) is 24.7 Å². The number of aromatic nitrogens is 4. The van der Waals surface area contributed by atoms with E-state index in [2.05, 4.69) is 20.6 Å². The molecule has 2 aromatic heterocycles. The highest BCUT2D eigenvalue weighted by Gasteiger charge is 2.10. The van der Waals surface area contributed by atoms with Crippen molar-refractivity contribution in [3.63, 3.8) is 0 Å². The quantitative estimate of drug-likeness (QED) is 0.480. The van der Waals surface area contributed by atoms with E-state index < -0.39 is 4.92 Å². The van der Waals surface area contributed by atoms with Gasteiger partial charge in [-0.2, -0.15) is 0 Å². The Labute approximate surface area is 109 Å². The molecule has 0 aliphatic carbocycles. The van der Waals surface area contributed by atoms with Crippen molar-refractivity contribution in [3.8, 4) is 0 Å². The summed E-state index contributed by atoms with van der Waals surface area (Å²) in [4.78, 5) is 14.2.